The van der Waals surface area contributed by atoms with E-state index < -0.39 is 0 Å². The first kappa shape index (κ1) is 18.7. The highest BCUT2D eigenvalue weighted by atomic mass is 14.5. The SMILES string of the molecule is CB(C1C(C)CC2c3ccccc3C=CC21)C1CCC2c3ccccc3C=CC12C. The number of allylic oxidation sites excluding steroid dienone is 2. The molecule has 0 heterocycles. The van der Waals surface area contributed by atoms with E-state index in [4.69, 9.17) is 0 Å². The molecule has 6 rings (SSSR count). The van der Waals surface area contributed by atoms with Gasteiger partial charge in [-0.2, -0.15) is 0 Å². The Morgan fingerprint density at radius 1 is 0.900 bits per heavy atom. The highest BCUT2D eigenvalue weighted by molar-refractivity contribution is 6.61. The summed E-state index contributed by atoms with van der Waals surface area (Å²) >= 11 is 0. The van der Waals surface area contributed by atoms with Crippen LogP contribution < -0.4 is 0 Å². The summed E-state index contributed by atoms with van der Waals surface area (Å²) in [7, 11) is 0. The zero-order valence-corrected chi connectivity index (χ0v) is 18.6. The molecule has 1 heteroatoms. The van der Waals surface area contributed by atoms with Crippen molar-refractivity contribution in [2.75, 3.05) is 0 Å². The molecule has 0 bridgehead atoms. The number of hydrogen-bond acceptors (Lipinski definition) is 0. The molecule has 152 valence electrons. The minimum absolute atomic E-state index is 0.307. The Kier molecular flexibility index (Phi) is 4.21. The van der Waals surface area contributed by atoms with Crippen LogP contribution >= 0.6 is 0 Å². The standard InChI is InChI=1S/C29H33B/c1-19-18-25-22-10-6-4-8-20(22)12-13-24(25)28(19)30(3)27-15-14-26-23-11-7-5-9-21(23)16-17-29(26,27)2/h4-13,16-17,19,24-28H,14-15,18H2,1-3H3. The summed E-state index contributed by atoms with van der Waals surface area (Å²) in [4.78, 5) is 0. The minimum atomic E-state index is 0.307. The fraction of sp³-hybridized carbons (Fsp3) is 0.448. The molecule has 2 saturated carbocycles. The Hall–Kier alpha value is -2.02. The zero-order valence-electron chi connectivity index (χ0n) is 18.6. The summed E-state index contributed by atoms with van der Waals surface area (Å²) in [5.41, 5.74) is 6.42. The van der Waals surface area contributed by atoms with Gasteiger partial charge in [-0.1, -0.05) is 112 Å². The van der Waals surface area contributed by atoms with Crippen molar-refractivity contribution < 1.29 is 0 Å². The van der Waals surface area contributed by atoms with Gasteiger partial charge in [-0.15, -0.1) is 0 Å². The van der Waals surface area contributed by atoms with E-state index in [1.54, 1.807) is 11.1 Å². The minimum Gasteiger partial charge on any atom is -0.0856 e. The molecule has 7 atom stereocenters. The first-order valence-corrected chi connectivity index (χ1v) is 12.1. The van der Waals surface area contributed by atoms with Crippen molar-refractivity contribution in [3.63, 3.8) is 0 Å². The molecule has 0 saturated heterocycles. The largest absolute Gasteiger partial charge is 0.145 e. The van der Waals surface area contributed by atoms with E-state index in [2.05, 4.69) is 93.5 Å². The van der Waals surface area contributed by atoms with Gasteiger partial charge >= 0.3 is 0 Å². The van der Waals surface area contributed by atoms with Crippen molar-refractivity contribution >= 4 is 18.9 Å². The second-order valence-electron chi connectivity index (χ2n) is 10.9. The van der Waals surface area contributed by atoms with Crippen molar-refractivity contribution in [1.29, 1.82) is 0 Å². The molecule has 30 heavy (non-hydrogen) atoms. The van der Waals surface area contributed by atoms with Gasteiger partial charge in [0.25, 0.3) is 0 Å². The maximum atomic E-state index is 2.60. The molecule has 2 aromatic carbocycles. The molecule has 0 radical (unpaired) electrons. The Labute approximate surface area is 182 Å². The van der Waals surface area contributed by atoms with Gasteiger partial charge in [0.05, 0.1) is 0 Å². The van der Waals surface area contributed by atoms with Gasteiger partial charge in [0.1, 0.15) is 6.71 Å². The number of fused-ring (bicyclic) bond motifs is 6. The van der Waals surface area contributed by atoms with E-state index in [1.165, 1.54) is 30.4 Å². The smallest absolute Gasteiger partial charge is 0.0856 e. The van der Waals surface area contributed by atoms with Gasteiger partial charge < -0.3 is 0 Å². The van der Waals surface area contributed by atoms with Crippen LogP contribution in [0.3, 0.4) is 0 Å². The lowest BCUT2D eigenvalue weighted by molar-refractivity contribution is 0.376. The maximum absolute atomic E-state index is 2.60. The van der Waals surface area contributed by atoms with E-state index in [9.17, 15) is 0 Å². The van der Waals surface area contributed by atoms with Crippen molar-refractivity contribution in [1.82, 2.24) is 0 Å². The summed E-state index contributed by atoms with van der Waals surface area (Å²) in [6, 6.07) is 18.2. The summed E-state index contributed by atoms with van der Waals surface area (Å²) < 4.78 is 0. The number of benzene rings is 2. The van der Waals surface area contributed by atoms with Crippen LogP contribution in [-0.2, 0) is 0 Å². The van der Waals surface area contributed by atoms with E-state index in [0.29, 0.717) is 17.3 Å². The van der Waals surface area contributed by atoms with Crippen LogP contribution in [0.1, 0.15) is 67.2 Å². The van der Waals surface area contributed by atoms with Crippen LogP contribution in [0.2, 0.25) is 18.5 Å². The van der Waals surface area contributed by atoms with Crippen molar-refractivity contribution in [3.8, 4) is 0 Å². The van der Waals surface area contributed by atoms with Crippen LogP contribution in [-0.4, -0.2) is 6.71 Å². The molecular weight excluding hydrogens is 359 g/mol. The molecule has 7 unspecified atom stereocenters. The lowest BCUT2D eigenvalue weighted by Crippen LogP contribution is -2.37. The van der Waals surface area contributed by atoms with Crippen LogP contribution in [0, 0.1) is 17.3 Å². The second-order valence-corrected chi connectivity index (χ2v) is 10.9. The predicted octanol–water partition coefficient (Wildman–Crippen LogP) is 7.93. The molecule has 2 fully saturated rings. The molecular formula is C29H33B. The average Bonchev–Trinajstić information content (AvgIpc) is 3.30. The molecule has 0 aromatic heterocycles. The molecule has 2 aromatic rings. The molecule has 4 aliphatic rings. The summed E-state index contributed by atoms with van der Waals surface area (Å²) in [6.07, 6.45) is 14.1. The van der Waals surface area contributed by atoms with Crippen molar-refractivity contribution in [2.45, 2.75) is 63.4 Å². The van der Waals surface area contributed by atoms with Gasteiger partial charge in [-0.05, 0) is 64.2 Å². The van der Waals surface area contributed by atoms with Gasteiger partial charge in [-0.25, -0.2) is 0 Å². The topological polar surface area (TPSA) is 0 Å². The van der Waals surface area contributed by atoms with E-state index in [-0.39, 0.29) is 0 Å². The van der Waals surface area contributed by atoms with Crippen molar-refractivity contribution in [2.24, 2.45) is 17.3 Å². The van der Waals surface area contributed by atoms with Crippen LogP contribution in [0.15, 0.2) is 60.7 Å². The number of rotatable bonds is 2. The molecule has 0 amide bonds. The Balaban J connectivity index is 1.33. The Morgan fingerprint density at radius 3 is 2.40 bits per heavy atom. The van der Waals surface area contributed by atoms with Crippen LogP contribution in [0.4, 0.5) is 0 Å². The first-order chi connectivity index (χ1) is 14.6. The summed E-state index contributed by atoms with van der Waals surface area (Å²) in [5.74, 6) is 4.51. The second kappa shape index (κ2) is 6.74. The normalized spacial score (nSPS) is 38.0. The summed E-state index contributed by atoms with van der Waals surface area (Å²) in [5, 5.41) is 0. The monoisotopic (exact) mass is 392 g/mol. The first-order valence-electron chi connectivity index (χ1n) is 12.1. The third kappa shape index (κ3) is 2.54. The maximum Gasteiger partial charge on any atom is 0.145 e. The fourth-order valence-corrected chi connectivity index (χ4v) is 8.35. The van der Waals surface area contributed by atoms with Gasteiger partial charge in [0.15, 0.2) is 0 Å². The van der Waals surface area contributed by atoms with E-state index in [0.717, 1.165) is 30.2 Å². The Morgan fingerprint density at radius 2 is 1.60 bits per heavy atom. The number of hydrogen-bond donors (Lipinski definition) is 0. The van der Waals surface area contributed by atoms with Crippen LogP contribution in [0.5, 0.6) is 0 Å². The molecule has 0 N–H and O–H groups in total. The highest BCUT2D eigenvalue weighted by Crippen LogP contribution is 2.65. The van der Waals surface area contributed by atoms with E-state index in [1.807, 2.05) is 0 Å². The molecule has 0 nitrogen and oxygen atoms in total. The van der Waals surface area contributed by atoms with Crippen molar-refractivity contribution in [3.05, 3.63) is 82.9 Å². The fourth-order valence-electron chi connectivity index (χ4n) is 8.35. The highest BCUT2D eigenvalue weighted by Gasteiger charge is 2.55. The zero-order chi connectivity index (χ0) is 20.5. The lowest BCUT2D eigenvalue weighted by atomic mass is 9.28. The predicted molar refractivity (Wildman–Crippen MR) is 130 cm³/mol. The third-order valence-corrected chi connectivity index (χ3v) is 9.64. The van der Waals surface area contributed by atoms with Gasteiger partial charge in [-0.3, -0.25) is 0 Å². The summed E-state index contributed by atoms with van der Waals surface area (Å²) in [6.45, 7) is 8.47. The van der Waals surface area contributed by atoms with E-state index >= 15 is 0 Å². The molecule has 0 spiro atoms. The van der Waals surface area contributed by atoms with Gasteiger partial charge in [0, 0.05) is 0 Å². The molecule has 0 aliphatic heterocycles. The Bertz CT molecular complexity index is 1030. The average molecular weight is 392 g/mol. The van der Waals surface area contributed by atoms with Gasteiger partial charge in [0.2, 0.25) is 0 Å². The quantitative estimate of drug-likeness (QED) is 0.455. The lowest BCUT2D eigenvalue weighted by Gasteiger charge is -2.43. The van der Waals surface area contributed by atoms with Crippen LogP contribution in [0.25, 0.3) is 12.2 Å². The third-order valence-electron chi connectivity index (χ3n) is 9.64. The molecule has 4 aliphatic carbocycles.